The van der Waals surface area contributed by atoms with Gasteiger partial charge in [0.2, 0.25) is 0 Å². The molecule has 0 aliphatic rings. The van der Waals surface area contributed by atoms with Gasteiger partial charge in [0.25, 0.3) is 0 Å². The summed E-state index contributed by atoms with van der Waals surface area (Å²) in [6.45, 7) is -2.46. The van der Waals surface area contributed by atoms with Gasteiger partial charge in [-0.15, -0.1) is 24.0 Å². The van der Waals surface area contributed by atoms with E-state index in [-0.39, 0.29) is 12.4 Å². The highest BCUT2D eigenvalue weighted by Crippen LogP contribution is 1.60. The summed E-state index contributed by atoms with van der Waals surface area (Å²) in [5.74, 6) is -2.48. The fourth-order valence-electron chi connectivity index (χ4n) is 0. The Hall–Kier alpha value is 0.540. The highest BCUT2D eigenvalue weighted by molar-refractivity contribution is 6.18. The van der Waals surface area contributed by atoms with E-state index in [0.29, 0.717) is 0 Å². The van der Waals surface area contributed by atoms with Gasteiger partial charge < -0.3 is 5.73 Å². The van der Waals surface area contributed by atoms with Gasteiger partial charge in [0.15, 0.2) is 0 Å². The van der Waals surface area contributed by atoms with E-state index >= 15 is 0 Å². The topological polar surface area (TPSA) is 26.0 Å². The van der Waals surface area contributed by atoms with E-state index in [0.717, 1.165) is 0 Å². The van der Waals surface area contributed by atoms with Crippen molar-refractivity contribution >= 4 is 24.0 Å². The molecule has 0 spiro atoms. The average Bonchev–Trinajstić information content (AvgIpc) is 1.25. The van der Waals surface area contributed by atoms with Gasteiger partial charge in [-0.05, 0) is 0 Å². The van der Waals surface area contributed by atoms with Crippen molar-refractivity contribution in [3.05, 3.63) is 0 Å². The predicted molar refractivity (Wildman–Crippen MR) is 27.0 cm³/mol. The molecule has 0 heterocycles. The minimum atomic E-state index is -2.48. The molecule has 34 valence electrons. The maximum Gasteiger partial charge on any atom is 0.0448 e. The second-order valence-corrected chi connectivity index (χ2v) is 0.428. The maximum absolute atomic E-state index is 6.52. The van der Waals surface area contributed by atoms with Gasteiger partial charge in [-0.2, -0.15) is 0 Å². The third kappa shape index (κ3) is 12.4. The molecule has 0 saturated heterocycles. The molecule has 0 aliphatic carbocycles. The summed E-state index contributed by atoms with van der Waals surface area (Å²) in [5, 5.41) is 0. The lowest BCUT2D eigenvalue weighted by atomic mass is 10.8. The molecule has 0 fully saturated rings. The minimum Gasteiger partial charge on any atom is -0.329 e. The lowest BCUT2D eigenvalue weighted by Crippen LogP contribution is -1.97. The molecule has 0 saturated carbocycles. The summed E-state index contributed by atoms with van der Waals surface area (Å²) >= 11 is 4.84. The molecule has 0 atom stereocenters. The first kappa shape index (κ1) is 2.01. The van der Waals surface area contributed by atoms with Crippen LogP contribution in [0.25, 0.3) is 0 Å². The zero-order valence-corrected chi connectivity index (χ0v) is 3.94. The average molecular weight is 120 g/mol. The standard InChI is InChI=1S/C2H6ClN.ClH/c3-1-2-4;/h1-2,4H2;1H/i1D2,2D2;. The fourth-order valence-corrected chi connectivity index (χ4v) is 0. The van der Waals surface area contributed by atoms with Crippen LogP contribution in [0.15, 0.2) is 0 Å². The summed E-state index contributed by atoms with van der Waals surface area (Å²) in [4.78, 5) is 0. The highest BCUT2D eigenvalue weighted by atomic mass is 35.5. The Morgan fingerprint density at radius 3 is 2.20 bits per heavy atom. The molecule has 2 N–H and O–H groups in total. The number of hydrogen-bond donors (Lipinski definition) is 1. The SMILES string of the molecule is Cl.[2H]C([2H])(N)C([2H])([2H])Cl. The Kier molecular flexibility index (Phi) is 3.54. The van der Waals surface area contributed by atoms with E-state index in [4.69, 9.17) is 17.1 Å². The predicted octanol–water partition coefficient (Wildman–Crippen LogP) is 0.606. The highest BCUT2D eigenvalue weighted by Gasteiger charge is 1.58. The van der Waals surface area contributed by atoms with Crippen LogP contribution < -0.4 is 5.73 Å². The molecule has 3 heteroatoms. The van der Waals surface area contributed by atoms with Crippen molar-refractivity contribution < 1.29 is 5.48 Å². The zero-order valence-electron chi connectivity index (χ0n) is 6.36. The van der Waals surface area contributed by atoms with Crippen LogP contribution in [0, 0.1) is 0 Å². The molecule has 5 heavy (non-hydrogen) atoms. The van der Waals surface area contributed by atoms with E-state index in [9.17, 15) is 0 Å². The zero-order chi connectivity index (χ0) is 7.00. The number of halogens is 2. The number of nitrogens with two attached hydrogens (primary N) is 1. The first-order valence-electron chi connectivity index (χ1n) is 2.73. The molecular weight excluding hydrogens is 109 g/mol. The maximum atomic E-state index is 6.52. The van der Waals surface area contributed by atoms with Gasteiger partial charge in [-0.3, -0.25) is 0 Å². The fraction of sp³-hybridized carbons (Fsp3) is 1.00. The lowest BCUT2D eigenvalue weighted by molar-refractivity contribution is 1.14. The van der Waals surface area contributed by atoms with E-state index < -0.39 is 12.3 Å². The molecule has 1 nitrogen and oxygen atoms in total. The molecule has 0 unspecified atom stereocenters. The second-order valence-electron chi connectivity index (χ2n) is 0.239. The van der Waals surface area contributed by atoms with Gasteiger partial charge in [0, 0.05) is 17.8 Å². The van der Waals surface area contributed by atoms with E-state index in [1.165, 1.54) is 0 Å². The smallest absolute Gasteiger partial charge is 0.0448 e. The molecule has 0 radical (unpaired) electrons. The quantitative estimate of drug-likeness (QED) is 0.504. The van der Waals surface area contributed by atoms with Crippen molar-refractivity contribution in [1.29, 1.82) is 0 Å². The van der Waals surface area contributed by atoms with Crippen molar-refractivity contribution in [1.82, 2.24) is 0 Å². The third-order valence-electron chi connectivity index (χ3n) is 0.0546. The van der Waals surface area contributed by atoms with Crippen molar-refractivity contribution in [2.75, 3.05) is 12.3 Å². The monoisotopic (exact) mass is 119 g/mol. The molecule has 0 amide bonds. The lowest BCUT2D eigenvalue weighted by Gasteiger charge is -1.68. The van der Waals surface area contributed by atoms with Gasteiger partial charge in [-0.1, -0.05) is 0 Å². The van der Waals surface area contributed by atoms with E-state index in [2.05, 4.69) is 5.73 Å². The molecule has 0 aromatic carbocycles. The molecule has 0 bridgehead atoms. The molecule has 0 aliphatic heterocycles. The molecular formula is C2H7Cl2N. The van der Waals surface area contributed by atoms with Crippen LogP contribution in [0.1, 0.15) is 5.48 Å². The Labute approximate surface area is 48.5 Å². The van der Waals surface area contributed by atoms with Crippen LogP contribution >= 0.6 is 24.0 Å². The van der Waals surface area contributed by atoms with Crippen molar-refractivity contribution in [2.24, 2.45) is 5.73 Å². The largest absolute Gasteiger partial charge is 0.329 e. The van der Waals surface area contributed by atoms with Crippen LogP contribution in [0.4, 0.5) is 0 Å². The van der Waals surface area contributed by atoms with Gasteiger partial charge in [-0.25, -0.2) is 0 Å². The van der Waals surface area contributed by atoms with Crippen LogP contribution in [-0.2, 0) is 0 Å². The van der Waals surface area contributed by atoms with Gasteiger partial charge in [0.1, 0.15) is 0 Å². The second kappa shape index (κ2) is 8.82. The summed E-state index contributed by atoms with van der Waals surface area (Å²) in [7, 11) is 0. The minimum absolute atomic E-state index is 0. The van der Waals surface area contributed by atoms with Crippen LogP contribution in [0.2, 0.25) is 0 Å². The Bertz CT molecular complexity index is 71.5. The Balaban J connectivity index is 0. The molecule has 0 aromatic rings. The van der Waals surface area contributed by atoms with Gasteiger partial charge >= 0.3 is 0 Å². The summed E-state index contributed by atoms with van der Waals surface area (Å²) in [5.41, 5.74) is 4.64. The van der Waals surface area contributed by atoms with Crippen molar-refractivity contribution in [2.45, 2.75) is 0 Å². The first-order chi connectivity index (χ1) is 3.25. The summed E-state index contributed by atoms with van der Waals surface area (Å²) in [6.07, 6.45) is 0. The molecule has 0 aromatic heterocycles. The number of rotatable bonds is 1. The van der Waals surface area contributed by atoms with Crippen molar-refractivity contribution in [3.8, 4) is 0 Å². The third-order valence-corrected chi connectivity index (χ3v) is 0.164. The molecule has 0 rings (SSSR count). The van der Waals surface area contributed by atoms with Crippen LogP contribution in [-0.4, -0.2) is 12.3 Å². The Morgan fingerprint density at radius 2 is 2.20 bits per heavy atom. The Morgan fingerprint density at radius 1 is 2.00 bits per heavy atom. The van der Waals surface area contributed by atoms with E-state index in [1.807, 2.05) is 0 Å². The van der Waals surface area contributed by atoms with E-state index in [1.54, 1.807) is 0 Å². The first-order valence-corrected chi connectivity index (χ1v) is 1.11. The number of alkyl halides is 1. The summed E-state index contributed by atoms with van der Waals surface area (Å²) < 4.78 is 26.1. The van der Waals surface area contributed by atoms with Gasteiger partial charge in [0.05, 0.1) is 0 Å². The normalized spacial score (nSPS) is 23.6. The van der Waals surface area contributed by atoms with Crippen molar-refractivity contribution in [3.63, 3.8) is 0 Å². The summed E-state index contributed by atoms with van der Waals surface area (Å²) in [6, 6.07) is 0. The van der Waals surface area contributed by atoms with Crippen LogP contribution in [0.5, 0.6) is 0 Å². The van der Waals surface area contributed by atoms with Crippen LogP contribution in [0.3, 0.4) is 0 Å². The number of hydrogen-bond acceptors (Lipinski definition) is 1.